The molecule has 0 aliphatic carbocycles. The van der Waals surface area contributed by atoms with Crippen molar-refractivity contribution in [3.63, 3.8) is 0 Å². The lowest BCUT2D eigenvalue weighted by molar-refractivity contribution is -0.136. The molecule has 0 fully saturated rings. The highest BCUT2D eigenvalue weighted by molar-refractivity contribution is 5.83. The Balaban J connectivity index is 1.78. The van der Waals surface area contributed by atoms with E-state index < -0.39 is 11.7 Å². The summed E-state index contributed by atoms with van der Waals surface area (Å²) < 4.78 is 42.2. The zero-order valence-corrected chi connectivity index (χ0v) is 13.7. The van der Waals surface area contributed by atoms with E-state index in [0.717, 1.165) is 6.07 Å². The normalized spacial score (nSPS) is 12.0. The Labute approximate surface area is 150 Å². The number of hydrogen-bond donors (Lipinski definition) is 2. The molecule has 4 N–H and O–H groups in total. The minimum Gasteiger partial charge on any atom is -0.398 e. The fourth-order valence-electron chi connectivity index (χ4n) is 2.76. The molecule has 3 heterocycles. The third-order valence-corrected chi connectivity index (χ3v) is 3.97. The molecule has 0 atom stereocenters. The molecule has 1 aromatic carbocycles. The first-order chi connectivity index (χ1) is 12.8. The molecule has 0 aliphatic rings. The number of halogens is 3. The molecule has 138 valence electrons. The Morgan fingerprint density at radius 2 is 1.89 bits per heavy atom. The van der Waals surface area contributed by atoms with Crippen LogP contribution in [0.2, 0.25) is 0 Å². The van der Waals surface area contributed by atoms with Crippen LogP contribution in [0.25, 0.3) is 16.9 Å². The molecule has 0 radical (unpaired) electrons. The first-order valence-corrected chi connectivity index (χ1v) is 7.77. The van der Waals surface area contributed by atoms with Crippen molar-refractivity contribution in [3.8, 4) is 5.82 Å². The second-order valence-corrected chi connectivity index (χ2v) is 5.81. The van der Waals surface area contributed by atoms with E-state index in [0.29, 0.717) is 22.4 Å². The van der Waals surface area contributed by atoms with Crippen LogP contribution >= 0.6 is 0 Å². The second-order valence-electron chi connectivity index (χ2n) is 5.81. The van der Waals surface area contributed by atoms with E-state index in [1.54, 1.807) is 18.5 Å². The van der Waals surface area contributed by atoms with Crippen molar-refractivity contribution in [1.29, 1.82) is 0 Å². The van der Waals surface area contributed by atoms with Crippen molar-refractivity contribution in [2.75, 3.05) is 11.5 Å². The molecule has 0 saturated carbocycles. The summed E-state index contributed by atoms with van der Waals surface area (Å²) in [5, 5.41) is 8.90. The summed E-state index contributed by atoms with van der Waals surface area (Å²) in [6.07, 6.45) is 0.260. The van der Waals surface area contributed by atoms with Gasteiger partial charge in [-0.3, -0.25) is 0 Å². The number of rotatable bonds is 3. The van der Waals surface area contributed by atoms with Gasteiger partial charge in [0.2, 0.25) is 5.95 Å². The van der Waals surface area contributed by atoms with Crippen LogP contribution in [-0.2, 0) is 12.7 Å². The number of nitrogen functional groups attached to an aromatic ring is 2. The van der Waals surface area contributed by atoms with Gasteiger partial charge in [-0.25, -0.2) is 9.36 Å². The molecular weight excluding hydrogens is 361 g/mol. The third kappa shape index (κ3) is 3.03. The number of nitrogens with two attached hydrogens (primary N) is 2. The summed E-state index contributed by atoms with van der Waals surface area (Å²) in [6, 6.07) is 5.46. The molecular formula is C16H13F3N8. The van der Waals surface area contributed by atoms with Gasteiger partial charge in [-0.05, 0) is 23.8 Å². The molecule has 0 spiro atoms. The number of alkyl halides is 3. The molecule has 4 aromatic rings. The van der Waals surface area contributed by atoms with E-state index in [1.165, 1.54) is 27.7 Å². The highest BCUT2D eigenvalue weighted by Crippen LogP contribution is 2.34. The molecule has 0 amide bonds. The van der Waals surface area contributed by atoms with Crippen LogP contribution in [0.1, 0.15) is 11.1 Å². The molecule has 0 aliphatic heterocycles. The van der Waals surface area contributed by atoms with E-state index >= 15 is 0 Å². The largest absolute Gasteiger partial charge is 0.418 e. The molecule has 8 nitrogen and oxygen atoms in total. The summed E-state index contributed by atoms with van der Waals surface area (Å²) in [6.45, 7) is 0.0574. The summed E-state index contributed by atoms with van der Waals surface area (Å²) in [4.78, 5) is 8.34. The Kier molecular flexibility index (Phi) is 3.72. The lowest BCUT2D eigenvalue weighted by atomic mass is 10.1. The van der Waals surface area contributed by atoms with Crippen molar-refractivity contribution in [1.82, 2.24) is 29.5 Å². The van der Waals surface area contributed by atoms with E-state index in [1.807, 2.05) is 0 Å². The van der Waals surface area contributed by atoms with Gasteiger partial charge in [0.15, 0.2) is 11.5 Å². The SMILES string of the molecule is Nc1nc(-n2cccn2)c2cnn(Cc3ccc(N)c(C(F)(F)F)c3)c2n1. The number of nitrogens with zero attached hydrogens (tertiary/aromatic N) is 6. The molecule has 4 rings (SSSR count). The van der Waals surface area contributed by atoms with Crippen LogP contribution in [-0.4, -0.2) is 29.5 Å². The Morgan fingerprint density at radius 1 is 1.07 bits per heavy atom. The topological polar surface area (TPSA) is 113 Å². The number of fused-ring (bicyclic) bond motifs is 1. The maximum atomic E-state index is 13.1. The van der Waals surface area contributed by atoms with Crippen LogP contribution in [0, 0.1) is 0 Å². The predicted molar refractivity (Wildman–Crippen MR) is 91.8 cm³/mol. The van der Waals surface area contributed by atoms with Gasteiger partial charge in [0.1, 0.15) is 0 Å². The minimum atomic E-state index is -4.54. The van der Waals surface area contributed by atoms with Crippen molar-refractivity contribution in [3.05, 3.63) is 54.0 Å². The summed E-state index contributed by atoms with van der Waals surface area (Å²) in [7, 11) is 0. The van der Waals surface area contributed by atoms with Crippen LogP contribution in [0.5, 0.6) is 0 Å². The lowest BCUT2D eigenvalue weighted by Crippen LogP contribution is -2.11. The van der Waals surface area contributed by atoms with Crippen molar-refractivity contribution >= 4 is 22.7 Å². The van der Waals surface area contributed by atoms with E-state index in [9.17, 15) is 13.2 Å². The number of anilines is 2. The zero-order valence-electron chi connectivity index (χ0n) is 13.7. The highest BCUT2D eigenvalue weighted by Gasteiger charge is 2.33. The Hall–Kier alpha value is -3.63. The summed E-state index contributed by atoms with van der Waals surface area (Å²) >= 11 is 0. The average Bonchev–Trinajstić information content (AvgIpc) is 3.25. The molecule has 27 heavy (non-hydrogen) atoms. The lowest BCUT2D eigenvalue weighted by Gasteiger charge is -2.12. The molecule has 0 saturated heterocycles. The monoisotopic (exact) mass is 374 g/mol. The maximum absolute atomic E-state index is 13.1. The number of aromatic nitrogens is 6. The van der Waals surface area contributed by atoms with E-state index in [2.05, 4.69) is 20.2 Å². The van der Waals surface area contributed by atoms with Crippen molar-refractivity contribution in [2.45, 2.75) is 12.7 Å². The standard InChI is InChI=1S/C16H13F3N8/c17-16(18,19)11-6-9(2-3-12(11)20)8-27-14-10(7-23-27)13(24-15(21)25-14)26-5-1-4-22-26/h1-7H,8,20H2,(H2,21,24,25). The minimum absolute atomic E-state index is 0.00281. The highest BCUT2D eigenvalue weighted by atomic mass is 19.4. The molecule has 11 heteroatoms. The van der Waals surface area contributed by atoms with Gasteiger partial charge in [0.25, 0.3) is 0 Å². The maximum Gasteiger partial charge on any atom is 0.418 e. The fraction of sp³-hybridized carbons (Fsp3) is 0.125. The van der Waals surface area contributed by atoms with E-state index in [4.69, 9.17) is 11.5 Å². The summed E-state index contributed by atoms with van der Waals surface area (Å²) in [5.74, 6) is 0.435. The average molecular weight is 374 g/mol. The van der Waals surface area contributed by atoms with Crippen molar-refractivity contribution in [2.24, 2.45) is 0 Å². The molecule has 0 unspecified atom stereocenters. The number of benzene rings is 1. The molecule has 0 bridgehead atoms. The van der Waals surface area contributed by atoms with Crippen LogP contribution in [0.15, 0.2) is 42.9 Å². The third-order valence-electron chi connectivity index (χ3n) is 3.97. The second kappa shape index (κ2) is 5.97. The van der Waals surface area contributed by atoms with Gasteiger partial charge in [-0.1, -0.05) is 6.07 Å². The quantitative estimate of drug-likeness (QED) is 0.532. The first-order valence-electron chi connectivity index (χ1n) is 7.77. The van der Waals surface area contributed by atoms with Gasteiger partial charge in [0, 0.05) is 18.1 Å². The fourth-order valence-corrected chi connectivity index (χ4v) is 2.76. The van der Waals surface area contributed by atoms with Gasteiger partial charge in [0.05, 0.1) is 23.7 Å². The van der Waals surface area contributed by atoms with Crippen LogP contribution in [0.4, 0.5) is 24.8 Å². The van der Waals surface area contributed by atoms with Gasteiger partial charge >= 0.3 is 6.18 Å². The molecule has 3 aromatic heterocycles. The van der Waals surface area contributed by atoms with Gasteiger partial charge in [-0.2, -0.15) is 33.3 Å². The predicted octanol–water partition coefficient (Wildman–Crippen LogP) is 2.24. The van der Waals surface area contributed by atoms with Crippen LogP contribution in [0.3, 0.4) is 0 Å². The van der Waals surface area contributed by atoms with Gasteiger partial charge < -0.3 is 11.5 Å². The van der Waals surface area contributed by atoms with E-state index in [-0.39, 0.29) is 18.2 Å². The van der Waals surface area contributed by atoms with Crippen LogP contribution < -0.4 is 11.5 Å². The van der Waals surface area contributed by atoms with Gasteiger partial charge in [-0.15, -0.1) is 0 Å². The Morgan fingerprint density at radius 3 is 2.59 bits per heavy atom. The van der Waals surface area contributed by atoms with Crippen molar-refractivity contribution < 1.29 is 13.2 Å². The number of hydrogen-bond acceptors (Lipinski definition) is 6. The first kappa shape index (κ1) is 16.8. The Bertz CT molecular complexity index is 1110. The smallest absolute Gasteiger partial charge is 0.398 e. The summed E-state index contributed by atoms with van der Waals surface area (Å²) in [5.41, 5.74) is 10.8. The zero-order chi connectivity index (χ0) is 19.2.